The van der Waals surface area contributed by atoms with Gasteiger partial charge in [0.2, 0.25) is 0 Å². The van der Waals surface area contributed by atoms with Gasteiger partial charge < -0.3 is 5.73 Å². The highest BCUT2D eigenvalue weighted by molar-refractivity contribution is 5.40. The molecule has 0 saturated heterocycles. The van der Waals surface area contributed by atoms with E-state index in [4.69, 9.17) is 11.6 Å². The first kappa shape index (κ1) is 13.5. The Labute approximate surface area is 113 Å². The van der Waals surface area contributed by atoms with E-state index in [0.29, 0.717) is 5.82 Å². The molecule has 0 amide bonds. The number of nitrogens with one attached hydrogen (secondary N) is 1. The minimum atomic E-state index is 0.0393. The van der Waals surface area contributed by atoms with E-state index >= 15 is 0 Å². The van der Waals surface area contributed by atoms with Crippen molar-refractivity contribution in [2.45, 2.75) is 25.8 Å². The number of hydrazine groups is 1. The number of nitrogens with two attached hydrogens (primary N) is 2. The van der Waals surface area contributed by atoms with Gasteiger partial charge in [-0.3, -0.25) is 11.3 Å². The maximum Gasteiger partial charge on any atom is 0.126 e. The molecular formula is C15H20N4. The van der Waals surface area contributed by atoms with E-state index in [-0.39, 0.29) is 6.04 Å². The first-order chi connectivity index (χ1) is 9.24. The van der Waals surface area contributed by atoms with Crippen LogP contribution in [0.25, 0.3) is 0 Å². The molecule has 0 saturated carbocycles. The average Bonchev–Trinajstić information content (AvgIpc) is 2.47. The zero-order chi connectivity index (χ0) is 13.7. The normalized spacial score (nSPS) is 12.3. The third-order valence-corrected chi connectivity index (χ3v) is 3.34. The van der Waals surface area contributed by atoms with Crippen LogP contribution in [0.3, 0.4) is 0 Å². The molecule has 4 nitrogen and oxygen atoms in total. The minimum absolute atomic E-state index is 0.0393. The van der Waals surface area contributed by atoms with E-state index in [2.05, 4.69) is 41.6 Å². The van der Waals surface area contributed by atoms with Crippen LogP contribution in [0.4, 0.5) is 5.82 Å². The molecule has 1 aromatic heterocycles. The average molecular weight is 256 g/mol. The van der Waals surface area contributed by atoms with E-state index in [1.807, 2.05) is 12.1 Å². The summed E-state index contributed by atoms with van der Waals surface area (Å²) in [6, 6.07) is 12.4. The zero-order valence-corrected chi connectivity index (χ0v) is 11.1. The second-order valence-electron chi connectivity index (χ2n) is 4.57. The van der Waals surface area contributed by atoms with E-state index in [1.54, 1.807) is 6.20 Å². The molecule has 1 heterocycles. The number of nitrogens with zero attached hydrogens (tertiary/aromatic N) is 1. The molecule has 0 fully saturated rings. The molecule has 19 heavy (non-hydrogen) atoms. The van der Waals surface area contributed by atoms with Gasteiger partial charge in [-0.1, -0.05) is 37.3 Å². The maximum atomic E-state index is 5.87. The fourth-order valence-electron chi connectivity index (χ4n) is 2.10. The molecule has 1 unspecified atom stereocenters. The summed E-state index contributed by atoms with van der Waals surface area (Å²) in [6.45, 7) is 2.14. The van der Waals surface area contributed by atoms with Crippen LogP contribution in [0.2, 0.25) is 0 Å². The van der Waals surface area contributed by atoms with Crippen LogP contribution >= 0.6 is 0 Å². The zero-order valence-electron chi connectivity index (χ0n) is 11.1. The van der Waals surface area contributed by atoms with Crippen LogP contribution in [-0.4, -0.2) is 4.98 Å². The molecule has 2 aromatic rings. The van der Waals surface area contributed by atoms with Gasteiger partial charge in [0.1, 0.15) is 5.82 Å². The number of hydrogen-bond donors (Lipinski definition) is 3. The number of hydrogen-bond acceptors (Lipinski definition) is 4. The smallest absolute Gasteiger partial charge is 0.126 e. The summed E-state index contributed by atoms with van der Waals surface area (Å²) in [6.07, 6.45) is 3.46. The fraction of sp³-hybridized carbons (Fsp3) is 0.267. The van der Waals surface area contributed by atoms with Gasteiger partial charge in [0, 0.05) is 6.20 Å². The number of aryl methyl sites for hydroxylation is 1. The molecule has 0 radical (unpaired) electrons. The van der Waals surface area contributed by atoms with Crippen molar-refractivity contribution < 1.29 is 0 Å². The van der Waals surface area contributed by atoms with E-state index < -0.39 is 0 Å². The second-order valence-corrected chi connectivity index (χ2v) is 4.57. The SMILES string of the molecule is CCc1ccc(C(Cc2cccnc2N)NN)cc1. The van der Waals surface area contributed by atoms with Crippen molar-refractivity contribution in [1.82, 2.24) is 10.4 Å². The summed E-state index contributed by atoms with van der Waals surface area (Å²) in [5, 5.41) is 0. The topological polar surface area (TPSA) is 77.0 Å². The first-order valence-corrected chi connectivity index (χ1v) is 6.49. The van der Waals surface area contributed by atoms with E-state index in [0.717, 1.165) is 24.0 Å². The Morgan fingerprint density at radius 3 is 2.53 bits per heavy atom. The summed E-state index contributed by atoms with van der Waals surface area (Å²) in [4.78, 5) is 4.10. The van der Waals surface area contributed by atoms with Crippen molar-refractivity contribution >= 4 is 5.82 Å². The van der Waals surface area contributed by atoms with Crippen LogP contribution in [0.5, 0.6) is 0 Å². The third-order valence-electron chi connectivity index (χ3n) is 3.34. The van der Waals surface area contributed by atoms with Gasteiger partial charge in [-0.25, -0.2) is 4.98 Å². The van der Waals surface area contributed by atoms with Crippen molar-refractivity contribution in [3.8, 4) is 0 Å². The highest BCUT2D eigenvalue weighted by Gasteiger charge is 2.12. The summed E-state index contributed by atoms with van der Waals surface area (Å²) < 4.78 is 0. The van der Waals surface area contributed by atoms with E-state index in [1.165, 1.54) is 5.56 Å². The predicted octanol–water partition coefficient (Wildman–Crippen LogP) is 1.97. The molecular weight excluding hydrogens is 236 g/mol. The number of rotatable bonds is 5. The van der Waals surface area contributed by atoms with Gasteiger partial charge in [0.25, 0.3) is 0 Å². The molecule has 1 atom stereocenters. The van der Waals surface area contributed by atoms with Gasteiger partial charge in [0.15, 0.2) is 0 Å². The van der Waals surface area contributed by atoms with Crippen LogP contribution < -0.4 is 17.0 Å². The van der Waals surface area contributed by atoms with Crippen LogP contribution in [0.15, 0.2) is 42.6 Å². The highest BCUT2D eigenvalue weighted by Crippen LogP contribution is 2.20. The van der Waals surface area contributed by atoms with Crippen molar-refractivity contribution in [3.63, 3.8) is 0 Å². The monoisotopic (exact) mass is 256 g/mol. The number of benzene rings is 1. The van der Waals surface area contributed by atoms with Crippen molar-refractivity contribution in [3.05, 3.63) is 59.3 Å². The van der Waals surface area contributed by atoms with Crippen molar-refractivity contribution in [1.29, 1.82) is 0 Å². The molecule has 0 spiro atoms. The molecule has 0 aliphatic carbocycles. The van der Waals surface area contributed by atoms with Gasteiger partial charge in [-0.05, 0) is 35.6 Å². The number of nitrogen functional groups attached to an aromatic ring is 1. The van der Waals surface area contributed by atoms with Crippen LogP contribution in [0.1, 0.15) is 29.7 Å². The van der Waals surface area contributed by atoms with E-state index in [9.17, 15) is 0 Å². The summed E-state index contributed by atoms with van der Waals surface area (Å²) in [7, 11) is 0. The lowest BCUT2D eigenvalue weighted by molar-refractivity contribution is 0.552. The quantitative estimate of drug-likeness (QED) is 0.564. The Morgan fingerprint density at radius 2 is 1.95 bits per heavy atom. The van der Waals surface area contributed by atoms with Gasteiger partial charge in [0.05, 0.1) is 6.04 Å². The molecule has 2 rings (SSSR count). The molecule has 4 heteroatoms. The summed E-state index contributed by atoms with van der Waals surface area (Å²) in [5.41, 5.74) is 12.2. The lowest BCUT2D eigenvalue weighted by Crippen LogP contribution is -2.29. The standard InChI is InChI=1S/C15H20N4/c1-2-11-5-7-12(8-6-11)14(19-17)10-13-4-3-9-18-15(13)16/h3-9,14,19H,2,10,17H2,1H3,(H2,16,18). The largest absolute Gasteiger partial charge is 0.383 e. The van der Waals surface area contributed by atoms with Crippen molar-refractivity contribution in [2.75, 3.05) is 5.73 Å². The van der Waals surface area contributed by atoms with Gasteiger partial charge in [-0.2, -0.15) is 0 Å². The first-order valence-electron chi connectivity index (χ1n) is 6.49. The van der Waals surface area contributed by atoms with Gasteiger partial charge in [-0.15, -0.1) is 0 Å². The van der Waals surface area contributed by atoms with Crippen LogP contribution in [-0.2, 0) is 12.8 Å². The molecule has 0 aliphatic heterocycles. The molecule has 0 aliphatic rings. The molecule has 5 N–H and O–H groups in total. The molecule has 0 bridgehead atoms. The van der Waals surface area contributed by atoms with Crippen molar-refractivity contribution in [2.24, 2.45) is 5.84 Å². The molecule has 1 aromatic carbocycles. The number of pyridine rings is 1. The highest BCUT2D eigenvalue weighted by atomic mass is 15.2. The summed E-state index contributed by atoms with van der Waals surface area (Å²) >= 11 is 0. The number of anilines is 1. The predicted molar refractivity (Wildman–Crippen MR) is 78.2 cm³/mol. The minimum Gasteiger partial charge on any atom is -0.383 e. The number of aromatic nitrogens is 1. The second kappa shape index (κ2) is 6.31. The summed E-state index contributed by atoms with van der Waals surface area (Å²) in [5.74, 6) is 6.22. The lowest BCUT2D eigenvalue weighted by Gasteiger charge is -2.17. The van der Waals surface area contributed by atoms with Crippen LogP contribution in [0, 0.1) is 0 Å². The Balaban J connectivity index is 2.17. The lowest BCUT2D eigenvalue weighted by atomic mass is 9.98. The Bertz CT molecular complexity index is 522. The third kappa shape index (κ3) is 3.30. The maximum absolute atomic E-state index is 5.87. The van der Waals surface area contributed by atoms with Gasteiger partial charge >= 0.3 is 0 Å². The molecule has 100 valence electrons. The Hall–Kier alpha value is -1.91. The Kier molecular flexibility index (Phi) is 4.49. The Morgan fingerprint density at radius 1 is 1.21 bits per heavy atom. The fourth-order valence-corrected chi connectivity index (χ4v) is 2.10.